The molecule has 5 nitrogen and oxygen atoms in total. The van der Waals surface area contributed by atoms with Crippen molar-refractivity contribution in [3.63, 3.8) is 0 Å². The van der Waals surface area contributed by atoms with Gasteiger partial charge in [0.15, 0.2) is 0 Å². The Morgan fingerprint density at radius 1 is 1.55 bits per heavy atom. The molecule has 1 aliphatic carbocycles. The molecule has 108 valence electrons. The Labute approximate surface area is 122 Å². The number of rotatable bonds is 3. The Kier molecular flexibility index (Phi) is 3.58. The number of carbonyl (C=O) groups excluding carboxylic acids is 1. The van der Waals surface area contributed by atoms with E-state index in [1.54, 1.807) is 18.2 Å². The summed E-state index contributed by atoms with van der Waals surface area (Å²) in [6, 6.07) is 4.76. The van der Waals surface area contributed by atoms with E-state index in [1.165, 1.54) is 7.11 Å². The van der Waals surface area contributed by atoms with Crippen molar-refractivity contribution in [3.8, 4) is 5.75 Å². The molecule has 0 bridgehead atoms. The number of carbonyl (C=O) groups is 1. The van der Waals surface area contributed by atoms with E-state index in [-0.39, 0.29) is 24.1 Å². The van der Waals surface area contributed by atoms with Crippen LogP contribution in [0.3, 0.4) is 0 Å². The van der Waals surface area contributed by atoms with Crippen molar-refractivity contribution in [2.45, 2.75) is 24.6 Å². The molecule has 1 aromatic rings. The second-order valence-corrected chi connectivity index (χ2v) is 5.65. The lowest BCUT2D eigenvalue weighted by Crippen LogP contribution is -2.68. The summed E-state index contributed by atoms with van der Waals surface area (Å²) >= 11 is 5.94. The van der Waals surface area contributed by atoms with Crippen LogP contribution in [0.5, 0.6) is 5.75 Å². The zero-order valence-electron chi connectivity index (χ0n) is 11.1. The molecule has 0 aromatic heterocycles. The average Bonchev–Trinajstić information content (AvgIpc) is 2.89. The molecule has 1 saturated carbocycles. The van der Waals surface area contributed by atoms with Gasteiger partial charge in [0.05, 0.1) is 24.8 Å². The van der Waals surface area contributed by atoms with E-state index in [1.807, 2.05) is 0 Å². The normalized spacial score (nSPS) is 31.4. The highest BCUT2D eigenvalue weighted by Crippen LogP contribution is 2.38. The summed E-state index contributed by atoms with van der Waals surface area (Å²) in [5.74, 6) is 0.615. The Hall–Kier alpha value is -1.30. The van der Waals surface area contributed by atoms with Crippen LogP contribution in [-0.2, 0) is 4.74 Å². The average molecular weight is 297 g/mol. The number of halogens is 1. The minimum atomic E-state index is -0.237. The number of nitrogens with two attached hydrogens (primary N) is 1. The van der Waals surface area contributed by atoms with Gasteiger partial charge < -0.3 is 20.5 Å². The third-order valence-electron chi connectivity index (χ3n) is 4.15. The standard InChI is InChI=1S/C14H17ClN2O3/c1-19-10-3-2-7(15)6-9(10)14(18)17-12-11(16)8-4-5-20-13(8)12/h2-3,6,8,11-13H,4-5,16H2,1H3,(H,17,18). The maximum absolute atomic E-state index is 12.4. The number of methoxy groups -OCH3 is 1. The summed E-state index contributed by atoms with van der Waals surface area (Å²) < 4.78 is 10.8. The van der Waals surface area contributed by atoms with Crippen LogP contribution >= 0.6 is 11.6 Å². The topological polar surface area (TPSA) is 73.6 Å². The van der Waals surface area contributed by atoms with Crippen LogP contribution in [0.2, 0.25) is 5.02 Å². The molecular weight excluding hydrogens is 280 g/mol. The molecule has 4 unspecified atom stereocenters. The third-order valence-corrected chi connectivity index (χ3v) is 4.39. The van der Waals surface area contributed by atoms with Crippen molar-refractivity contribution in [1.29, 1.82) is 0 Å². The molecule has 1 amide bonds. The molecule has 6 heteroatoms. The van der Waals surface area contributed by atoms with Crippen LogP contribution in [-0.4, -0.2) is 37.8 Å². The lowest BCUT2D eigenvalue weighted by Gasteiger charge is -2.45. The molecule has 1 aliphatic heterocycles. The second kappa shape index (κ2) is 5.24. The Morgan fingerprint density at radius 3 is 3.10 bits per heavy atom. The van der Waals surface area contributed by atoms with Crippen molar-refractivity contribution in [1.82, 2.24) is 5.32 Å². The molecule has 2 fully saturated rings. The van der Waals surface area contributed by atoms with E-state index in [9.17, 15) is 4.79 Å². The summed E-state index contributed by atoms with van der Waals surface area (Å²) in [5, 5.41) is 3.42. The molecule has 20 heavy (non-hydrogen) atoms. The van der Waals surface area contributed by atoms with Gasteiger partial charge in [-0.25, -0.2) is 0 Å². The molecule has 1 saturated heterocycles. The van der Waals surface area contributed by atoms with Crippen molar-refractivity contribution >= 4 is 17.5 Å². The fourth-order valence-corrected chi connectivity index (χ4v) is 3.19. The van der Waals surface area contributed by atoms with Gasteiger partial charge in [0.1, 0.15) is 5.75 Å². The number of hydrogen-bond acceptors (Lipinski definition) is 4. The van der Waals surface area contributed by atoms with Crippen LogP contribution in [0.1, 0.15) is 16.8 Å². The summed E-state index contributed by atoms with van der Waals surface area (Å²) in [7, 11) is 1.52. The van der Waals surface area contributed by atoms with Crippen molar-refractivity contribution in [3.05, 3.63) is 28.8 Å². The van der Waals surface area contributed by atoms with E-state index in [2.05, 4.69) is 5.32 Å². The summed E-state index contributed by atoms with van der Waals surface area (Å²) in [5.41, 5.74) is 6.49. The van der Waals surface area contributed by atoms with Gasteiger partial charge in [-0.2, -0.15) is 0 Å². The number of amides is 1. The maximum Gasteiger partial charge on any atom is 0.255 e. The third kappa shape index (κ3) is 2.16. The molecule has 1 aromatic carbocycles. The number of hydrogen-bond donors (Lipinski definition) is 2. The lowest BCUT2D eigenvalue weighted by molar-refractivity contribution is -0.0161. The molecule has 1 heterocycles. The molecule has 3 rings (SSSR count). The van der Waals surface area contributed by atoms with Crippen LogP contribution in [0, 0.1) is 5.92 Å². The van der Waals surface area contributed by atoms with Crippen LogP contribution in [0.15, 0.2) is 18.2 Å². The van der Waals surface area contributed by atoms with Crippen LogP contribution in [0.25, 0.3) is 0 Å². The van der Waals surface area contributed by atoms with E-state index >= 15 is 0 Å². The Bertz CT molecular complexity index is 537. The summed E-state index contributed by atoms with van der Waals surface area (Å²) in [6.07, 6.45) is 1.01. The van der Waals surface area contributed by atoms with E-state index < -0.39 is 0 Å². The first-order valence-electron chi connectivity index (χ1n) is 6.63. The van der Waals surface area contributed by atoms with Gasteiger partial charge in [0, 0.05) is 23.6 Å². The Balaban J connectivity index is 1.75. The summed E-state index contributed by atoms with van der Waals surface area (Å²) in [4.78, 5) is 12.4. The van der Waals surface area contributed by atoms with Gasteiger partial charge in [-0.3, -0.25) is 4.79 Å². The highest BCUT2D eigenvalue weighted by Gasteiger charge is 2.52. The van der Waals surface area contributed by atoms with E-state index in [0.29, 0.717) is 22.3 Å². The largest absolute Gasteiger partial charge is 0.496 e. The first-order chi connectivity index (χ1) is 9.61. The fraction of sp³-hybridized carbons (Fsp3) is 0.500. The molecule has 0 radical (unpaired) electrons. The lowest BCUT2D eigenvalue weighted by atomic mass is 9.72. The number of fused-ring (bicyclic) bond motifs is 1. The smallest absolute Gasteiger partial charge is 0.255 e. The zero-order chi connectivity index (χ0) is 14.3. The van der Waals surface area contributed by atoms with E-state index in [0.717, 1.165) is 13.0 Å². The first-order valence-corrected chi connectivity index (χ1v) is 7.01. The predicted molar refractivity (Wildman–Crippen MR) is 75.1 cm³/mol. The summed E-state index contributed by atoms with van der Waals surface area (Å²) in [6.45, 7) is 0.718. The van der Waals surface area contributed by atoms with Crippen LogP contribution in [0.4, 0.5) is 0 Å². The van der Waals surface area contributed by atoms with Gasteiger partial charge in [0.2, 0.25) is 0 Å². The van der Waals surface area contributed by atoms with Crippen molar-refractivity contribution in [2.24, 2.45) is 11.7 Å². The second-order valence-electron chi connectivity index (χ2n) is 5.21. The molecule has 4 atom stereocenters. The minimum Gasteiger partial charge on any atom is -0.496 e. The quantitative estimate of drug-likeness (QED) is 0.879. The van der Waals surface area contributed by atoms with Crippen molar-refractivity contribution in [2.75, 3.05) is 13.7 Å². The molecule has 3 N–H and O–H groups in total. The zero-order valence-corrected chi connectivity index (χ0v) is 11.9. The number of benzene rings is 1. The number of nitrogens with one attached hydrogen (secondary N) is 1. The van der Waals surface area contributed by atoms with Gasteiger partial charge in [-0.15, -0.1) is 0 Å². The Morgan fingerprint density at radius 2 is 2.35 bits per heavy atom. The predicted octanol–water partition coefficient (Wildman–Crippen LogP) is 1.19. The molecule has 2 aliphatic rings. The minimum absolute atomic E-state index is 0.0409. The van der Waals surface area contributed by atoms with E-state index in [4.69, 9.17) is 26.8 Å². The van der Waals surface area contributed by atoms with Crippen molar-refractivity contribution < 1.29 is 14.3 Å². The monoisotopic (exact) mass is 296 g/mol. The highest BCUT2D eigenvalue weighted by atomic mass is 35.5. The highest BCUT2D eigenvalue weighted by molar-refractivity contribution is 6.31. The first kappa shape index (κ1) is 13.7. The van der Waals surface area contributed by atoms with Gasteiger partial charge in [0.25, 0.3) is 5.91 Å². The molecular formula is C14H17ClN2O3. The fourth-order valence-electron chi connectivity index (χ4n) is 3.01. The van der Waals surface area contributed by atoms with Gasteiger partial charge >= 0.3 is 0 Å². The number of ether oxygens (including phenoxy) is 2. The van der Waals surface area contributed by atoms with Gasteiger partial charge in [-0.1, -0.05) is 11.6 Å². The maximum atomic E-state index is 12.4. The van der Waals surface area contributed by atoms with Crippen LogP contribution < -0.4 is 15.8 Å². The van der Waals surface area contributed by atoms with Gasteiger partial charge in [-0.05, 0) is 24.6 Å². The molecule has 0 spiro atoms. The SMILES string of the molecule is COc1ccc(Cl)cc1C(=O)NC1C(N)C2CCOC21.